The van der Waals surface area contributed by atoms with Gasteiger partial charge in [-0.05, 0) is 42.0 Å². The molecule has 4 atom stereocenters. The van der Waals surface area contributed by atoms with Crippen LogP contribution in [0.2, 0.25) is 0 Å². The minimum absolute atomic E-state index is 0.000303. The minimum atomic E-state index is -4.59. The molecule has 10 heteroatoms. The highest BCUT2D eigenvalue weighted by molar-refractivity contribution is 5.87. The fourth-order valence-corrected chi connectivity index (χ4v) is 6.79. The number of alkyl halides is 4. The van der Waals surface area contributed by atoms with Gasteiger partial charge in [0, 0.05) is 36.4 Å². The molecule has 0 spiro atoms. The summed E-state index contributed by atoms with van der Waals surface area (Å²) in [4.78, 5) is 28.8. The van der Waals surface area contributed by atoms with E-state index in [1.165, 1.54) is 6.07 Å². The van der Waals surface area contributed by atoms with Gasteiger partial charge in [-0.25, -0.2) is 4.79 Å². The summed E-state index contributed by atoms with van der Waals surface area (Å²) in [6.45, 7) is 5.08. The number of halogens is 4. The maximum atomic E-state index is 14.2. The Morgan fingerprint density at radius 2 is 1.70 bits per heavy atom. The summed E-state index contributed by atoms with van der Waals surface area (Å²) in [7, 11) is 0. The zero-order valence-corrected chi connectivity index (χ0v) is 25.0. The summed E-state index contributed by atoms with van der Waals surface area (Å²) in [5.41, 5.74) is -0.468. The Morgan fingerprint density at radius 1 is 1.02 bits per heavy atom. The molecule has 0 unspecified atom stereocenters. The van der Waals surface area contributed by atoms with E-state index in [2.05, 4.69) is 5.32 Å². The van der Waals surface area contributed by atoms with E-state index < -0.39 is 53.8 Å². The standard InChI is InChI=1S/C33H42F4N2O4/c1-32(2,3)26-27(38-20-23-19-24(33(35,36)37)15-16-25(23)43-18-10-17-34)28(21-11-6-4-7-12-21)39(29(26)31(41)42)30(40)22-13-8-5-9-14-22/h4,6-7,11-12,15-16,19,22,26-29,38H,5,8-10,13-14,17-18,20H2,1-3H3,(H,41,42)/t26-,27-,28-,29-/m1/s1. The number of benzene rings is 2. The Labute approximate surface area is 250 Å². The molecule has 1 saturated carbocycles. The lowest BCUT2D eigenvalue weighted by Crippen LogP contribution is -2.49. The van der Waals surface area contributed by atoms with Crippen LogP contribution in [0.15, 0.2) is 48.5 Å². The van der Waals surface area contributed by atoms with Crippen molar-refractivity contribution in [1.82, 2.24) is 10.2 Å². The summed E-state index contributed by atoms with van der Waals surface area (Å²) in [6, 6.07) is 10.00. The summed E-state index contributed by atoms with van der Waals surface area (Å²) in [5.74, 6) is -1.96. The number of ether oxygens (including phenoxy) is 1. The lowest BCUT2D eigenvalue weighted by atomic mass is 9.72. The molecular weight excluding hydrogens is 564 g/mol. The van der Waals surface area contributed by atoms with Crippen molar-refractivity contribution in [2.45, 2.75) is 90.1 Å². The fraction of sp³-hybridized carbons (Fsp3) is 0.576. The van der Waals surface area contributed by atoms with Crippen LogP contribution in [0.4, 0.5) is 17.6 Å². The number of carboxylic acids is 1. The van der Waals surface area contributed by atoms with E-state index in [4.69, 9.17) is 4.74 Å². The lowest BCUT2D eigenvalue weighted by Gasteiger charge is -2.36. The van der Waals surface area contributed by atoms with Crippen LogP contribution in [0.1, 0.15) is 82.0 Å². The molecule has 236 valence electrons. The number of carbonyl (C=O) groups excluding carboxylic acids is 1. The molecule has 1 aliphatic heterocycles. The zero-order chi connectivity index (χ0) is 31.4. The van der Waals surface area contributed by atoms with Gasteiger partial charge in [-0.3, -0.25) is 9.18 Å². The summed E-state index contributed by atoms with van der Waals surface area (Å²) in [6.07, 6.45) is -0.243. The van der Waals surface area contributed by atoms with E-state index in [-0.39, 0.29) is 42.7 Å². The molecule has 1 heterocycles. The van der Waals surface area contributed by atoms with E-state index in [0.29, 0.717) is 12.8 Å². The topological polar surface area (TPSA) is 78.9 Å². The Bertz CT molecular complexity index is 1240. The zero-order valence-electron chi connectivity index (χ0n) is 25.0. The lowest BCUT2D eigenvalue weighted by molar-refractivity contribution is -0.154. The molecule has 4 rings (SSSR count). The van der Waals surface area contributed by atoms with Crippen LogP contribution in [-0.4, -0.2) is 47.2 Å². The van der Waals surface area contributed by atoms with Gasteiger partial charge in [0.25, 0.3) is 0 Å². The van der Waals surface area contributed by atoms with Crippen molar-refractivity contribution in [1.29, 1.82) is 0 Å². The molecule has 1 amide bonds. The Morgan fingerprint density at radius 3 is 2.28 bits per heavy atom. The van der Waals surface area contributed by atoms with Crippen LogP contribution in [-0.2, 0) is 22.3 Å². The van der Waals surface area contributed by atoms with Gasteiger partial charge in [-0.2, -0.15) is 13.2 Å². The van der Waals surface area contributed by atoms with Crippen LogP contribution in [0.5, 0.6) is 5.75 Å². The van der Waals surface area contributed by atoms with Gasteiger partial charge >= 0.3 is 12.1 Å². The largest absolute Gasteiger partial charge is 0.493 e. The van der Waals surface area contributed by atoms with Crippen LogP contribution >= 0.6 is 0 Å². The second kappa shape index (κ2) is 13.7. The first kappa shape index (κ1) is 32.8. The highest BCUT2D eigenvalue weighted by Crippen LogP contribution is 2.49. The Kier molecular flexibility index (Phi) is 10.4. The number of hydrogen-bond donors (Lipinski definition) is 2. The van der Waals surface area contributed by atoms with Gasteiger partial charge in [-0.15, -0.1) is 0 Å². The van der Waals surface area contributed by atoms with Gasteiger partial charge < -0.3 is 20.1 Å². The number of amides is 1. The minimum Gasteiger partial charge on any atom is -0.493 e. The second-order valence-electron chi connectivity index (χ2n) is 12.7. The highest BCUT2D eigenvalue weighted by atomic mass is 19.4. The Hall–Kier alpha value is -3.14. The predicted molar refractivity (Wildman–Crippen MR) is 155 cm³/mol. The van der Waals surface area contributed by atoms with Crippen molar-refractivity contribution in [3.05, 3.63) is 65.2 Å². The van der Waals surface area contributed by atoms with Gasteiger partial charge in [0.2, 0.25) is 5.91 Å². The van der Waals surface area contributed by atoms with Gasteiger partial charge in [0.1, 0.15) is 11.8 Å². The number of rotatable bonds is 10. The molecule has 2 aliphatic rings. The van der Waals surface area contributed by atoms with E-state index in [1.54, 1.807) is 4.90 Å². The normalized spacial score (nSPS) is 23.4. The van der Waals surface area contributed by atoms with Gasteiger partial charge in [-0.1, -0.05) is 70.4 Å². The SMILES string of the molecule is CC(C)(C)[C@@H]1[C@@H](NCc2cc(C(F)(F)F)ccc2OCCCF)[C@@H](c2ccccc2)N(C(=O)C2CCCCC2)[C@H]1C(=O)O. The summed E-state index contributed by atoms with van der Waals surface area (Å²) >= 11 is 0. The number of nitrogens with one attached hydrogen (secondary N) is 1. The first-order valence-corrected chi connectivity index (χ1v) is 15.1. The van der Waals surface area contributed by atoms with E-state index in [0.717, 1.165) is 37.0 Å². The molecule has 2 fully saturated rings. The van der Waals surface area contributed by atoms with Crippen molar-refractivity contribution in [3.8, 4) is 5.75 Å². The van der Waals surface area contributed by atoms with Crippen LogP contribution < -0.4 is 10.1 Å². The number of aliphatic carboxylic acids is 1. The molecule has 2 N–H and O–H groups in total. The highest BCUT2D eigenvalue weighted by Gasteiger charge is 2.58. The third kappa shape index (κ3) is 7.51. The first-order chi connectivity index (χ1) is 20.3. The van der Waals surface area contributed by atoms with Crippen molar-refractivity contribution < 1.29 is 37.0 Å². The molecule has 0 radical (unpaired) electrons. The molecule has 43 heavy (non-hydrogen) atoms. The molecular formula is C33H42F4N2O4. The maximum absolute atomic E-state index is 14.2. The monoisotopic (exact) mass is 606 g/mol. The van der Waals surface area contributed by atoms with Crippen LogP contribution in [0.3, 0.4) is 0 Å². The fourth-order valence-electron chi connectivity index (χ4n) is 6.79. The van der Waals surface area contributed by atoms with E-state index >= 15 is 0 Å². The predicted octanol–water partition coefficient (Wildman–Crippen LogP) is 7.18. The van der Waals surface area contributed by atoms with Crippen LogP contribution in [0.25, 0.3) is 0 Å². The molecule has 1 saturated heterocycles. The molecule has 6 nitrogen and oxygen atoms in total. The van der Waals surface area contributed by atoms with E-state index in [1.807, 2.05) is 51.1 Å². The van der Waals surface area contributed by atoms with Crippen molar-refractivity contribution >= 4 is 11.9 Å². The molecule has 2 aromatic carbocycles. The second-order valence-corrected chi connectivity index (χ2v) is 12.7. The number of carbonyl (C=O) groups is 2. The number of likely N-dealkylation sites (tertiary alicyclic amines) is 1. The van der Waals surface area contributed by atoms with Crippen molar-refractivity contribution in [2.75, 3.05) is 13.3 Å². The molecule has 0 bridgehead atoms. The number of hydrogen-bond acceptors (Lipinski definition) is 4. The third-order valence-electron chi connectivity index (χ3n) is 8.72. The van der Waals surface area contributed by atoms with Crippen molar-refractivity contribution in [2.24, 2.45) is 17.3 Å². The van der Waals surface area contributed by atoms with Crippen LogP contribution in [0, 0.1) is 17.3 Å². The molecule has 2 aromatic rings. The molecule has 1 aliphatic carbocycles. The quantitative estimate of drug-likeness (QED) is 0.221. The first-order valence-electron chi connectivity index (χ1n) is 15.1. The van der Waals surface area contributed by atoms with E-state index in [9.17, 15) is 32.3 Å². The maximum Gasteiger partial charge on any atom is 0.416 e. The van der Waals surface area contributed by atoms with Gasteiger partial charge in [0.05, 0.1) is 24.9 Å². The average Bonchev–Trinajstić information content (AvgIpc) is 3.33. The number of carboxylic acid groups (broad SMARTS) is 1. The smallest absolute Gasteiger partial charge is 0.416 e. The number of nitrogens with zero attached hydrogens (tertiary/aromatic N) is 1. The van der Waals surface area contributed by atoms with Crippen molar-refractivity contribution in [3.63, 3.8) is 0 Å². The summed E-state index contributed by atoms with van der Waals surface area (Å²) in [5, 5.41) is 14.0. The summed E-state index contributed by atoms with van der Waals surface area (Å²) < 4.78 is 59.5. The average molecular weight is 607 g/mol. The third-order valence-corrected chi connectivity index (χ3v) is 8.72. The Balaban J connectivity index is 1.79. The van der Waals surface area contributed by atoms with Gasteiger partial charge in [0.15, 0.2) is 0 Å². The molecule has 0 aromatic heterocycles.